The normalized spacial score (nSPS) is 11.7. The number of carbonyl (C=O) groups excluding carboxylic acids is 1. The molecule has 1 heterocycles. The number of rotatable bonds is 12. The van der Waals surface area contributed by atoms with Crippen molar-refractivity contribution in [1.29, 1.82) is 0 Å². The lowest BCUT2D eigenvalue weighted by atomic mass is 10.1. The van der Waals surface area contributed by atoms with E-state index in [9.17, 15) is 4.79 Å². The van der Waals surface area contributed by atoms with Crippen molar-refractivity contribution in [3.8, 4) is 22.9 Å². The van der Waals surface area contributed by atoms with Crippen LogP contribution in [-0.4, -0.2) is 48.6 Å². The van der Waals surface area contributed by atoms with Crippen molar-refractivity contribution in [1.82, 2.24) is 10.1 Å². The molecule has 0 spiro atoms. The monoisotopic (exact) mass is 440 g/mol. The first kappa shape index (κ1) is 23.3. The fourth-order valence-electron chi connectivity index (χ4n) is 3.02. The van der Waals surface area contributed by atoms with Crippen LogP contribution >= 0.6 is 0 Å². The number of esters is 1. The maximum atomic E-state index is 12.0. The zero-order chi connectivity index (χ0) is 22.8. The molecule has 1 aromatic heterocycles. The van der Waals surface area contributed by atoms with Crippen LogP contribution in [0.25, 0.3) is 11.4 Å². The summed E-state index contributed by atoms with van der Waals surface area (Å²) in [6.07, 6.45) is -0.147. The first-order valence-electron chi connectivity index (χ1n) is 10.6. The Morgan fingerprint density at radius 3 is 2.09 bits per heavy atom. The highest BCUT2D eigenvalue weighted by Crippen LogP contribution is 2.20. The standard InChI is InChI=1S/C24H28N2O6/c1-4-28-22(24(27)29-5-2)16-18-6-10-20(11-7-18)30-14-15-31-21-12-8-19(9-13-21)23-25-17(3)32-26-23/h6-13,22H,4-5,14-16H2,1-3H3. The van der Waals surface area contributed by atoms with Gasteiger partial charge in [-0.25, -0.2) is 4.79 Å². The van der Waals surface area contributed by atoms with Crippen molar-refractivity contribution in [3.63, 3.8) is 0 Å². The zero-order valence-electron chi connectivity index (χ0n) is 18.6. The molecule has 0 saturated carbocycles. The van der Waals surface area contributed by atoms with E-state index in [0.29, 0.717) is 44.6 Å². The average molecular weight is 440 g/mol. The van der Waals surface area contributed by atoms with E-state index >= 15 is 0 Å². The van der Waals surface area contributed by atoms with E-state index in [1.807, 2.05) is 55.5 Å². The van der Waals surface area contributed by atoms with E-state index in [2.05, 4.69) is 10.1 Å². The average Bonchev–Trinajstić information content (AvgIpc) is 3.24. The predicted octanol–water partition coefficient (Wildman–Crippen LogP) is 4.01. The van der Waals surface area contributed by atoms with Crippen LogP contribution in [0.2, 0.25) is 0 Å². The Balaban J connectivity index is 1.42. The van der Waals surface area contributed by atoms with Gasteiger partial charge >= 0.3 is 5.97 Å². The molecule has 3 rings (SSSR count). The molecule has 32 heavy (non-hydrogen) atoms. The number of ether oxygens (including phenoxy) is 4. The summed E-state index contributed by atoms with van der Waals surface area (Å²) in [5.41, 5.74) is 1.83. The van der Waals surface area contributed by atoms with Gasteiger partial charge in [0.15, 0.2) is 6.10 Å². The molecule has 0 bridgehead atoms. The molecule has 3 aromatic rings. The third kappa shape index (κ3) is 6.81. The van der Waals surface area contributed by atoms with E-state index in [-0.39, 0.29) is 5.97 Å². The summed E-state index contributed by atoms with van der Waals surface area (Å²) in [5.74, 6) is 2.19. The van der Waals surface area contributed by atoms with Gasteiger partial charge in [-0.1, -0.05) is 17.3 Å². The highest BCUT2D eigenvalue weighted by molar-refractivity contribution is 5.75. The van der Waals surface area contributed by atoms with Crippen molar-refractivity contribution in [3.05, 3.63) is 60.0 Å². The van der Waals surface area contributed by atoms with Gasteiger partial charge in [-0.2, -0.15) is 4.98 Å². The van der Waals surface area contributed by atoms with E-state index in [1.165, 1.54) is 0 Å². The number of aryl methyl sites for hydroxylation is 1. The molecule has 0 amide bonds. The summed E-state index contributed by atoms with van der Waals surface area (Å²) in [5, 5.41) is 3.90. The highest BCUT2D eigenvalue weighted by atomic mass is 16.6. The van der Waals surface area contributed by atoms with Crippen LogP contribution in [-0.2, 0) is 20.7 Å². The maximum Gasteiger partial charge on any atom is 0.335 e. The van der Waals surface area contributed by atoms with Crippen LogP contribution in [0.5, 0.6) is 11.5 Å². The third-order valence-corrected chi connectivity index (χ3v) is 4.52. The number of aromatic nitrogens is 2. The summed E-state index contributed by atoms with van der Waals surface area (Å²) in [4.78, 5) is 16.2. The molecule has 8 nitrogen and oxygen atoms in total. The van der Waals surface area contributed by atoms with Gasteiger partial charge < -0.3 is 23.5 Å². The van der Waals surface area contributed by atoms with Crippen molar-refractivity contribution in [2.75, 3.05) is 26.4 Å². The summed E-state index contributed by atoms with van der Waals surface area (Å²) in [6.45, 7) is 6.97. The van der Waals surface area contributed by atoms with Crippen LogP contribution in [0.1, 0.15) is 25.3 Å². The van der Waals surface area contributed by atoms with Crippen LogP contribution in [0.3, 0.4) is 0 Å². The maximum absolute atomic E-state index is 12.0. The Bertz CT molecular complexity index is 969. The minimum atomic E-state index is -0.601. The first-order chi connectivity index (χ1) is 15.6. The molecule has 1 unspecified atom stereocenters. The van der Waals surface area contributed by atoms with Crippen molar-refractivity contribution in [2.24, 2.45) is 0 Å². The lowest BCUT2D eigenvalue weighted by molar-refractivity contribution is -0.156. The Labute approximate surface area is 187 Å². The summed E-state index contributed by atoms with van der Waals surface area (Å²) < 4.78 is 27.0. The fraction of sp³-hybridized carbons (Fsp3) is 0.375. The molecule has 0 aliphatic rings. The Morgan fingerprint density at radius 1 is 0.938 bits per heavy atom. The Kier molecular flexibility index (Phi) is 8.62. The van der Waals surface area contributed by atoms with Crippen LogP contribution in [0, 0.1) is 6.92 Å². The number of nitrogens with zero attached hydrogens (tertiary/aromatic N) is 2. The Morgan fingerprint density at radius 2 is 1.56 bits per heavy atom. The second-order valence-corrected chi connectivity index (χ2v) is 6.90. The Hall–Kier alpha value is -3.39. The molecule has 8 heteroatoms. The van der Waals surface area contributed by atoms with E-state index in [0.717, 1.165) is 22.6 Å². The van der Waals surface area contributed by atoms with E-state index in [4.69, 9.17) is 23.5 Å². The molecule has 170 valence electrons. The number of benzene rings is 2. The minimum Gasteiger partial charge on any atom is -0.490 e. The molecule has 0 N–H and O–H groups in total. The SMILES string of the molecule is CCOC(=O)C(Cc1ccc(OCCOc2ccc(-c3noc(C)n3)cc2)cc1)OCC. The highest BCUT2D eigenvalue weighted by Gasteiger charge is 2.20. The number of hydrogen-bond acceptors (Lipinski definition) is 8. The van der Waals surface area contributed by atoms with Crippen molar-refractivity contribution >= 4 is 5.97 Å². The largest absolute Gasteiger partial charge is 0.490 e. The lowest BCUT2D eigenvalue weighted by Crippen LogP contribution is -2.28. The third-order valence-electron chi connectivity index (χ3n) is 4.52. The number of hydrogen-bond donors (Lipinski definition) is 0. The smallest absolute Gasteiger partial charge is 0.335 e. The molecule has 1 atom stereocenters. The van der Waals surface area contributed by atoms with Crippen LogP contribution < -0.4 is 9.47 Å². The first-order valence-corrected chi connectivity index (χ1v) is 10.6. The minimum absolute atomic E-state index is 0.333. The molecule has 0 aliphatic heterocycles. The topological polar surface area (TPSA) is 92.9 Å². The van der Waals surface area contributed by atoms with E-state index < -0.39 is 6.10 Å². The van der Waals surface area contributed by atoms with E-state index in [1.54, 1.807) is 13.8 Å². The fourth-order valence-corrected chi connectivity index (χ4v) is 3.02. The number of carbonyl (C=O) groups is 1. The van der Waals surface area contributed by atoms with Gasteiger partial charge in [-0.3, -0.25) is 0 Å². The van der Waals surface area contributed by atoms with Gasteiger partial charge in [0.1, 0.15) is 24.7 Å². The lowest BCUT2D eigenvalue weighted by Gasteiger charge is -2.16. The van der Waals surface area contributed by atoms with Gasteiger partial charge in [0.25, 0.3) is 0 Å². The molecule has 0 saturated heterocycles. The molecular formula is C24H28N2O6. The molecule has 2 aromatic carbocycles. The van der Waals surface area contributed by atoms with Crippen LogP contribution in [0.4, 0.5) is 0 Å². The molecule has 0 radical (unpaired) electrons. The van der Waals surface area contributed by atoms with Gasteiger partial charge in [0.2, 0.25) is 11.7 Å². The summed E-state index contributed by atoms with van der Waals surface area (Å²) in [6, 6.07) is 15.0. The summed E-state index contributed by atoms with van der Waals surface area (Å²) in [7, 11) is 0. The zero-order valence-corrected chi connectivity index (χ0v) is 18.6. The molecule has 0 fully saturated rings. The molecule has 0 aliphatic carbocycles. The quantitative estimate of drug-likeness (QED) is 0.308. The van der Waals surface area contributed by atoms with Gasteiger partial charge in [-0.15, -0.1) is 0 Å². The van der Waals surface area contributed by atoms with Crippen molar-refractivity contribution < 1.29 is 28.3 Å². The second kappa shape index (κ2) is 11.9. The van der Waals surface area contributed by atoms with Gasteiger partial charge in [-0.05, 0) is 55.8 Å². The molecular weight excluding hydrogens is 412 g/mol. The van der Waals surface area contributed by atoms with Crippen molar-refractivity contribution in [2.45, 2.75) is 33.3 Å². The summed E-state index contributed by atoms with van der Waals surface area (Å²) >= 11 is 0. The van der Waals surface area contributed by atoms with Gasteiger partial charge in [0.05, 0.1) is 6.61 Å². The van der Waals surface area contributed by atoms with Gasteiger partial charge in [0, 0.05) is 25.5 Å². The second-order valence-electron chi connectivity index (χ2n) is 6.90. The predicted molar refractivity (Wildman–Crippen MR) is 118 cm³/mol. The van der Waals surface area contributed by atoms with Crippen LogP contribution in [0.15, 0.2) is 53.1 Å².